The largest absolute Gasteiger partial charge is 0.444 e. The summed E-state index contributed by atoms with van der Waals surface area (Å²) in [7, 11) is 3.45. The van der Waals surface area contributed by atoms with Gasteiger partial charge in [0, 0.05) is 20.7 Å². The van der Waals surface area contributed by atoms with E-state index in [0.29, 0.717) is 0 Å². The molecule has 0 bridgehead atoms. The summed E-state index contributed by atoms with van der Waals surface area (Å²) in [4.78, 5) is 13.6. The first-order valence-corrected chi connectivity index (χ1v) is 6.04. The molecule has 0 aromatic rings. The number of hydrogen-bond donors (Lipinski definition) is 1. The molecule has 1 rings (SSSR count). The van der Waals surface area contributed by atoms with Gasteiger partial charge in [-0.1, -0.05) is 0 Å². The Morgan fingerprint density at radius 1 is 1.41 bits per heavy atom. The lowest BCUT2D eigenvalue weighted by Gasteiger charge is -2.37. The van der Waals surface area contributed by atoms with E-state index in [-0.39, 0.29) is 18.2 Å². The Kier molecular flexibility index (Phi) is 4.77. The number of nitrogens with one attached hydrogen (secondary N) is 1. The topological polar surface area (TPSA) is 50.8 Å². The van der Waals surface area contributed by atoms with Crippen LogP contribution in [0.3, 0.4) is 0 Å². The molecule has 5 nitrogen and oxygen atoms in total. The van der Waals surface area contributed by atoms with Crippen molar-refractivity contribution in [1.82, 2.24) is 10.2 Å². The molecule has 100 valence electrons. The first kappa shape index (κ1) is 14.3. The van der Waals surface area contributed by atoms with Crippen LogP contribution in [0.4, 0.5) is 4.79 Å². The van der Waals surface area contributed by atoms with Crippen molar-refractivity contribution in [2.75, 3.05) is 27.2 Å². The van der Waals surface area contributed by atoms with Gasteiger partial charge >= 0.3 is 6.09 Å². The Bertz CT molecular complexity index is 263. The average Bonchev–Trinajstić information content (AvgIpc) is 2.25. The van der Waals surface area contributed by atoms with E-state index in [1.807, 2.05) is 20.8 Å². The second-order valence-electron chi connectivity index (χ2n) is 5.43. The van der Waals surface area contributed by atoms with E-state index in [1.54, 1.807) is 19.1 Å². The summed E-state index contributed by atoms with van der Waals surface area (Å²) in [6.45, 7) is 7.28. The van der Waals surface area contributed by atoms with Crippen molar-refractivity contribution in [2.24, 2.45) is 0 Å². The minimum Gasteiger partial charge on any atom is -0.444 e. The maximum absolute atomic E-state index is 11.9. The molecule has 17 heavy (non-hydrogen) atoms. The van der Waals surface area contributed by atoms with Crippen LogP contribution in [-0.4, -0.2) is 56.0 Å². The first-order chi connectivity index (χ1) is 7.85. The normalized spacial score (nSPS) is 25.5. The summed E-state index contributed by atoms with van der Waals surface area (Å²) < 4.78 is 10.7. The number of methoxy groups -OCH3 is 1. The fraction of sp³-hybridized carbons (Fsp3) is 0.917. The van der Waals surface area contributed by atoms with Crippen LogP contribution < -0.4 is 5.32 Å². The van der Waals surface area contributed by atoms with Gasteiger partial charge in [0.2, 0.25) is 0 Å². The third-order valence-electron chi connectivity index (χ3n) is 2.87. The van der Waals surface area contributed by atoms with Gasteiger partial charge in [-0.2, -0.15) is 0 Å². The summed E-state index contributed by atoms with van der Waals surface area (Å²) in [6, 6.07) is 0.0797. The summed E-state index contributed by atoms with van der Waals surface area (Å²) in [5.74, 6) is 0. The van der Waals surface area contributed by atoms with E-state index in [9.17, 15) is 4.79 Å². The maximum Gasteiger partial charge on any atom is 0.410 e. The third-order valence-corrected chi connectivity index (χ3v) is 2.87. The van der Waals surface area contributed by atoms with E-state index in [2.05, 4.69) is 5.32 Å². The molecule has 0 aromatic carbocycles. The van der Waals surface area contributed by atoms with Crippen molar-refractivity contribution in [1.29, 1.82) is 0 Å². The van der Waals surface area contributed by atoms with Crippen LogP contribution in [0.2, 0.25) is 0 Å². The van der Waals surface area contributed by atoms with E-state index < -0.39 is 5.60 Å². The molecule has 1 aliphatic rings. The number of carbonyl (C=O) groups is 1. The molecular formula is C12H24N2O3. The van der Waals surface area contributed by atoms with Gasteiger partial charge in [0.25, 0.3) is 0 Å². The predicted octanol–water partition coefficient (Wildman–Crippen LogP) is 1.23. The number of nitrogens with zero attached hydrogens (tertiary/aromatic N) is 1. The molecule has 5 heteroatoms. The number of amides is 1. The zero-order chi connectivity index (χ0) is 13.1. The Hall–Kier alpha value is -0.810. The number of hydrogen-bond acceptors (Lipinski definition) is 4. The lowest BCUT2D eigenvalue weighted by molar-refractivity contribution is -0.0178. The van der Waals surface area contributed by atoms with E-state index >= 15 is 0 Å². The van der Waals surface area contributed by atoms with Crippen LogP contribution in [0.5, 0.6) is 0 Å². The van der Waals surface area contributed by atoms with Gasteiger partial charge in [-0.05, 0) is 33.7 Å². The van der Waals surface area contributed by atoms with Gasteiger partial charge in [0.05, 0.1) is 12.1 Å². The fourth-order valence-corrected chi connectivity index (χ4v) is 1.97. The lowest BCUT2D eigenvalue weighted by Crippen LogP contribution is -2.54. The average molecular weight is 244 g/mol. The van der Waals surface area contributed by atoms with Crippen molar-refractivity contribution in [3.8, 4) is 0 Å². The van der Waals surface area contributed by atoms with Crippen molar-refractivity contribution in [3.63, 3.8) is 0 Å². The highest BCUT2D eigenvalue weighted by Gasteiger charge is 2.32. The van der Waals surface area contributed by atoms with Crippen LogP contribution in [-0.2, 0) is 9.47 Å². The zero-order valence-electron chi connectivity index (χ0n) is 11.4. The molecule has 0 saturated carbocycles. The number of piperidine rings is 1. The van der Waals surface area contributed by atoms with Crippen molar-refractivity contribution in [3.05, 3.63) is 0 Å². The molecule has 2 atom stereocenters. The molecule has 1 N–H and O–H groups in total. The third kappa shape index (κ3) is 4.16. The Labute approximate surface area is 103 Å². The molecule has 1 amide bonds. The molecule has 1 aliphatic heterocycles. The van der Waals surface area contributed by atoms with Gasteiger partial charge in [0.1, 0.15) is 5.60 Å². The Balaban J connectivity index is 2.60. The summed E-state index contributed by atoms with van der Waals surface area (Å²) in [5, 5.41) is 3.25. The van der Waals surface area contributed by atoms with Crippen LogP contribution in [0.1, 0.15) is 27.2 Å². The van der Waals surface area contributed by atoms with Crippen molar-refractivity contribution >= 4 is 6.09 Å². The van der Waals surface area contributed by atoms with Crippen LogP contribution in [0.25, 0.3) is 0 Å². The quantitative estimate of drug-likeness (QED) is 0.794. The second-order valence-corrected chi connectivity index (χ2v) is 5.43. The molecule has 1 fully saturated rings. The molecule has 0 radical (unpaired) electrons. The van der Waals surface area contributed by atoms with E-state index in [0.717, 1.165) is 19.5 Å². The van der Waals surface area contributed by atoms with E-state index in [4.69, 9.17) is 9.47 Å². The van der Waals surface area contributed by atoms with Gasteiger partial charge in [-0.3, -0.25) is 0 Å². The van der Waals surface area contributed by atoms with Crippen LogP contribution in [0, 0.1) is 0 Å². The standard InChI is InChI=1S/C12H24N2O3/c1-12(2,3)17-11(15)14(4)9-6-7-13-8-10(9)16-5/h9-10,13H,6-8H2,1-5H3/t9-,10-/m1/s1. The fourth-order valence-electron chi connectivity index (χ4n) is 1.97. The Morgan fingerprint density at radius 2 is 2.06 bits per heavy atom. The SMILES string of the molecule is CO[C@@H]1CNCC[C@H]1N(C)C(=O)OC(C)(C)C. The maximum atomic E-state index is 11.9. The van der Waals surface area contributed by atoms with Gasteiger partial charge in [-0.15, -0.1) is 0 Å². The monoisotopic (exact) mass is 244 g/mol. The highest BCUT2D eigenvalue weighted by Crippen LogP contribution is 2.17. The Morgan fingerprint density at radius 3 is 2.59 bits per heavy atom. The lowest BCUT2D eigenvalue weighted by atomic mass is 10.0. The molecule has 0 aliphatic carbocycles. The van der Waals surface area contributed by atoms with Crippen LogP contribution in [0.15, 0.2) is 0 Å². The highest BCUT2D eigenvalue weighted by molar-refractivity contribution is 5.68. The molecule has 0 spiro atoms. The summed E-state index contributed by atoms with van der Waals surface area (Å²) >= 11 is 0. The molecular weight excluding hydrogens is 220 g/mol. The van der Waals surface area contributed by atoms with Gasteiger partial charge in [0.15, 0.2) is 0 Å². The molecule has 0 unspecified atom stereocenters. The van der Waals surface area contributed by atoms with Gasteiger partial charge < -0.3 is 19.7 Å². The summed E-state index contributed by atoms with van der Waals surface area (Å²) in [6.07, 6.45) is 0.626. The predicted molar refractivity (Wildman–Crippen MR) is 66.1 cm³/mol. The molecule has 0 aromatic heterocycles. The van der Waals surface area contributed by atoms with Gasteiger partial charge in [-0.25, -0.2) is 4.79 Å². The number of ether oxygens (including phenoxy) is 2. The summed E-state index contributed by atoms with van der Waals surface area (Å²) in [5.41, 5.74) is -0.458. The minimum absolute atomic E-state index is 0.0290. The smallest absolute Gasteiger partial charge is 0.410 e. The first-order valence-electron chi connectivity index (χ1n) is 6.04. The molecule has 1 heterocycles. The molecule has 1 saturated heterocycles. The highest BCUT2D eigenvalue weighted by atomic mass is 16.6. The van der Waals surface area contributed by atoms with Crippen molar-refractivity contribution in [2.45, 2.75) is 44.9 Å². The van der Waals surface area contributed by atoms with E-state index in [1.165, 1.54) is 0 Å². The number of carbonyl (C=O) groups excluding carboxylic acids is 1. The second kappa shape index (κ2) is 5.69. The number of likely N-dealkylation sites (N-methyl/N-ethyl adjacent to an activating group) is 1. The van der Waals surface area contributed by atoms with Crippen LogP contribution >= 0.6 is 0 Å². The number of rotatable bonds is 2. The minimum atomic E-state index is -0.458. The zero-order valence-corrected chi connectivity index (χ0v) is 11.4. The van der Waals surface area contributed by atoms with Crippen molar-refractivity contribution < 1.29 is 14.3 Å².